The van der Waals surface area contributed by atoms with Crippen molar-refractivity contribution in [3.05, 3.63) is 65.5 Å². The van der Waals surface area contributed by atoms with E-state index in [1.165, 1.54) is 38.2 Å². The van der Waals surface area contributed by atoms with Crippen LogP contribution in [0.2, 0.25) is 0 Å². The van der Waals surface area contributed by atoms with Crippen LogP contribution in [0.25, 0.3) is 0 Å². The zero-order chi connectivity index (χ0) is 21.4. The summed E-state index contributed by atoms with van der Waals surface area (Å²) in [5, 5.41) is 2.62. The largest absolute Gasteiger partial charge is 0.453 e. The molecule has 0 aliphatic carbocycles. The van der Waals surface area contributed by atoms with Gasteiger partial charge in [-0.2, -0.15) is 0 Å². The number of hydrogen-bond acceptors (Lipinski definition) is 5. The van der Waals surface area contributed by atoms with Crippen molar-refractivity contribution in [1.29, 1.82) is 0 Å². The molecule has 2 N–H and O–H groups in total. The Morgan fingerprint density at radius 3 is 2.21 bits per heavy atom. The summed E-state index contributed by atoms with van der Waals surface area (Å²) in [4.78, 5) is 24.1. The predicted octanol–water partition coefficient (Wildman–Crippen LogP) is 1.91. The van der Waals surface area contributed by atoms with Gasteiger partial charge in [0.25, 0.3) is 5.91 Å². The van der Waals surface area contributed by atoms with Crippen molar-refractivity contribution in [3.63, 3.8) is 0 Å². The molecular weight excluding hydrogens is 399 g/mol. The predicted molar refractivity (Wildman–Crippen MR) is 105 cm³/mol. The number of carbonyl (C=O) groups is 2. The Morgan fingerprint density at radius 2 is 1.62 bits per heavy atom. The zero-order valence-electron chi connectivity index (χ0n) is 16.1. The molecule has 29 heavy (non-hydrogen) atoms. The number of rotatable bonds is 9. The average Bonchev–Trinajstić information content (AvgIpc) is 2.71. The number of ether oxygens (including phenoxy) is 1. The molecule has 0 bridgehead atoms. The van der Waals surface area contributed by atoms with Gasteiger partial charge in [0.1, 0.15) is 5.82 Å². The van der Waals surface area contributed by atoms with Crippen molar-refractivity contribution in [2.75, 3.05) is 7.05 Å². The smallest absolute Gasteiger partial charge is 0.306 e. The van der Waals surface area contributed by atoms with E-state index in [4.69, 9.17) is 4.74 Å². The number of hydrogen-bond donors (Lipinski definition) is 2. The molecule has 1 unspecified atom stereocenters. The second kappa shape index (κ2) is 10.1. The highest BCUT2D eigenvalue weighted by atomic mass is 32.2. The van der Waals surface area contributed by atoms with E-state index in [9.17, 15) is 22.4 Å². The monoisotopic (exact) mass is 422 g/mol. The fourth-order valence-corrected chi connectivity index (χ4v) is 3.17. The van der Waals surface area contributed by atoms with Crippen LogP contribution in [0.15, 0.2) is 53.4 Å². The van der Waals surface area contributed by atoms with Gasteiger partial charge in [0.15, 0.2) is 6.10 Å². The van der Waals surface area contributed by atoms with Crippen LogP contribution in [0.1, 0.15) is 24.5 Å². The highest BCUT2D eigenvalue weighted by Gasteiger charge is 2.17. The number of sulfonamides is 1. The van der Waals surface area contributed by atoms with Gasteiger partial charge in [-0.15, -0.1) is 0 Å². The second-order valence-electron chi connectivity index (χ2n) is 6.33. The first-order valence-electron chi connectivity index (χ1n) is 8.95. The van der Waals surface area contributed by atoms with E-state index in [0.29, 0.717) is 6.42 Å². The van der Waals surface area contributed by atoms with Gasteiger partial charge in [-0.3, -0.25) is 9.59 Å². The molecule has 0 spiro atoms. The molecule has 0 saturated carbocycles. The fourth-order valence-electron chi connectivity index (χ4n) is 2.44. The molecule has 2 aromatic carbocycles. The second-order valence-corrected chi connectivity index (χ2v) is 8.21. The average molecular weight is 422 g/mol. The van der Waals surface area contributed by atoms with Crippen molar-refractivity contribution in [1.82, 2.24) is 10.0 Å². The van der Waals surface area contributed by atoms with E-state index >= 15 is 0 Å². The molecular formula is C20H23FN2O5S. The highest BCUT2D eigenvalue weighted by Crippen LogP contribution is 2.12. The van der Waals surface area contributed by atoms with E-state index in [1.807, 2.05) is 0 Å². The standard InChI is InChI=1S/C20H23FN2O5S/c1-14(20(25)23-13-16-3-8-17(21)9-4-16)28-19(24)12-7-15-5-10-18(11-6-15)29(26,27)22-2/h3-6,8-11,14,22H,7,12-13H2,1-2H3,(H,23,25). The first-order chi connectivity index (χ1) is 13.7. The molecule has 0 aromatic heterocycles. The molecule has 0 radical (unpaired) electrons. The van der Waals surface area contributed by atoms with E-state index < -0.39 is 28.0 Å². The van der Waals surface area contributed by atoms with Crippen molar-refractivity contribution < 1.29 is 27.1 Å². The van der Waals surface area contributed by atoms with Crippen LogP contribution < -0.4 is 10.0 Å². The molecule has 0 aliphatic heterocycles. The van der Waals surface area contributed by atoms with Crippen LogP contribution in [-0.4, -0.2) is 33.4 Å². The van der Waals surface area contributed by atoms with Crippen molar-refractivity contribution in [3.8, 4) is 0 Å². The Hall–Kier alpha value is -2.78. The van der Waals surface area contributed by atoms with E-state index in [0.717, 1.165) is 11.1 Å². The maximum atomic E-state index is 12.9. The first kappa shape index (κ1) is 22.5. The lowest BCUT2D eigenvalue weighted by atomic mass is 10.1. The Bertz CT molecular complexity index is 944. The summed E-state index contributed by atoms with van der Waals surface area (Å²) in [7, 11) is -2.17. The van der Waals surface area contributed by atoms with Crippen LogP contribution in [0.5, 0.6) is 0 Å². The minimum absolute atomic E-state index is 0.0493. The zero-order valence-corrected chi connectivity index (χ0v) is 17.0. The summed E-state index contributed by atoms with van der Waals surface area (Å²) in [6.45, 7) is 1.66. The van der Waals surface area contributed by atoms with Crippen LogP contribution in [0.4, 0.5) is 4.39 Å². The quantitative estimate of drug-likeness (QED) is 0.601. The third kappa shape index (κ3) is 6.95. The van der Waals surface area contributed by atoms with Gasteiger partial charge < -0.3 is 10.1 Å². The molecule has 2 aromatic rings. The van der Waals surface area contributed by atoms with Crippen LogP contribution in [0, 0.1) is 5.82 Å². The third-order valence-electron chi connectivity index (χ3n) is 4.18. The van der Waals surface area contributed by atoms with Gasteiger partial charge in [-0.25, -0.2) is 17.5 Å². The summed E-state index contributed by atoms with van der Waals surface area (Å²) in [5.74, 6) is -1.36. The summed E-state index contributed by atoms with van der Waals surface area (Å²) in [5.41, 5.74) is 1.49. The molecule has 7 nitrogen and oxygen atoms in total. The summed E-state index contributed by atoms with van der Waals surface area (Å²) < 4.78 is 43.6. The minimum Gasteiger partial charge on any atom is -0.453 e. The lowest BCUT2D eigenvalue weighted by Crippen LogP contribution is -2.35. The SMILES string of the molecule is CNS(=O)(=O)c1ccc(CCC(=O)OC(C)C(=O)NCc2ccc(F)cc2)cc1. The molecule has 0 heterocycles. The van der Waals surface area contributed by atoms with Crippen LogP contribution in [0.3, 0.4) is 0 Å². The normalized spacial score (nSPS) is 12.2. The Kier molecular flexibility index (Phi) is 7.86. The first-order valence-corrected chi connectivity index (χ1v) is 10.4. The van der Waals surface area contributed by atoms with E-state index in [-0.39, 0.29) is 23.7 Å². The maximum Gasteiger partial charge on any atom is 0.306 e. The molecule has 0 aliphatic rings. The molecule has 1 amide bonds. The Morgan fingerprint density at radius 1 is 1.03 bits per heavy atom. The fraction of sp³-hybridized carbons (Fsp3) is 0.300. The Labute approximate surface area is 169 Å². The summed E-state index contributed by atoms with van der Waals surface area (Å²) in [6, 6.07) is 11.9. The van der Waals surface area contributed by atoms with E-state index in [1.54, 1.807) is 24.3 Å². The number of amides is 1. The van der Waals surface area contributed by atoms with Gasteiger partial charge in [-0.05, 0) is 55.8 Å². The summed E-state index contributed by atoms with van der Waals surface area (Å²) in [6.07, 6.45) is -0.567. The van der Waals surface area contributed by atoms with Gasteiger partial charge in [0.05, 0.1) is 4.90 Å². The molecule has 0 fully saturated rings. The molecule has 9 heteroatoms. The number of carbonyl (C=O) groups excluding carboxylic acids is 2. The molecule has 2 rings (SSSR count). The number of halogens is 1. The van der Waals surface area contributed by atoms with Crippen molar-refractivity contribution >= 4 is 21.9 Å². The van der Waals surface area contributed by atoms with Gasteiger partial charge in [-0.1, -0.05) is 24.3 Å². The highest BCUT2D eigenvalue weighted by molar-refractivity contribution is 7.89. The Balaban J connectivity index is 1.77. The van der Waals surface area contributed by atoms with E-state index in [2.05, 4.69) is 10.0 Å². The number of benzene rings is 2. The molecule has 156 valence electrons. The molecule has 0 saturated heterocycles. The van der Waals surface area contributed by atoms with Gasteiger partial charge in [0.2, 0.25) is 10.0 Å². The number of aryl methyl sites for hydroxylation is 1. The van der Waals surface area contributed by atoms with Crippen molar-refractivity contribution in [2.45, 2.75) is 37.3 Å². The van der Waals surface area contributed by atoms with Gasteiger partial charge >= 0.3 is 5.97 Å². The topological polar surface area (TPSA) is 102 Å². The lowest BCUT2D eigenvalue weighted by molar-refractivity contribution is -0.154. The third-order valence-corrected chi connectivity index (χ3v) is 5.61. The van der Waals surface area contributed by atoms with Crippen molar-refractivity contribution in [2.24, 2.45) is 0 Å². The number of esters is 1. The van der Waals surface area contributed by atoms with Crippen LogP contribution >= 0.6 is 0 Å². The minimum atomic E-state index is -3.50. The van der Waals surface area contributed by atoms with Crippen LogP contribution in [-0.2, 0) is 37.3 Å². The lowest BCUT2D eigenvalue weighted by Gasteiger charge is -2.13. The maximum absolute atomic E-state index is 12.9. The van der Waals surface area contributed by atoms with Gasteiger partial charge in [0, 0.05) is 13.0 Å². The molecule has 1 atom stereocenters. The number of nitrogens with one attached hydrogen (secondary N) is 2. The summed E-state index contributed by atoms with van der Waals surface area (Å²) >= 11 is 0.